The maximum Gasteiger partial charge on any atom is 0.171 e. The van der Waals surface area contributed by atoms with Gasteiger partial charge < -0.3 is 10.6 Å². The number of nitrogens with zero attached hydrogens (tertiary/aromatic N) is 2. The van der Waals surface area contributed by atoms with Gasteiger partial charge in [-0.15, -0.1) is 0 Å². The van der Waals surface area contributed by atoms with E-state index >= 15 is 0 Å². The monoisotopic (exact) mass is 392 g/mol. The Morgan fingerprint density at radius 1 is 1.45 bits per heavy atom. The quantitative estimate of drug-likeness (QED) is 0.774. The number of aryl methyl sites for hydroxylation is 1. The molecule has 0 saturated heterocycles. The number of anilines is 1. The molecular formula is C12H11BrCl2N4S. The predicted molar refractivity (Wildman–Crippen MR) is 90.4 cm³/mol. The summed E-state index contributed by atoms with van der Waals surface area (Å²) in [6.45, 7) is 0.543. The van der Waals surface area contributed by atoms with Gasteiger partial charge in [0.15, 0.2) is 5.11 Å². The summed E-state index contributed by atoms with van der Waals surface area (Å²) in [5.74, 6) is 0. The van der Waals surface area contributed by atoms with Crippen LogP contribution in [0, 0.1) is 0 Å². The van der Waals surface area contributed by atoms with Crippen LogP contribution in [-0.4, -0.2) is 14.9 Å². The molecule has 1 heterocycles. The Labute approximate surface area is 140 Å². The first-order valence-electron chi connectivity index (χ1n) is 5.63. The van der Waals surface area contributed by atoms with E-state index in [9.17, 15) is 0 Å². The Kier molecular flexibility index (Phi) is 5.26. The number of benzene rings is 1. The average molecular weight is 394 g/mol. The van der Waals surface area contributed by atoms with Crippen molar-refractivity contribution >= 4 is 62.1 Å². The molecule has 0 amide bonds. The molecule has 8 heteroatoms. The molecule has 4 nitrogen and oxygen atoms in total. The second-order valence-electron chi connectivity index (χ2n) is 3.99. The van der Waals surface area contributed by atoms with Crippen molar-refractivity contribution in [2.24, 2.45) is 7.05 Å². The van der Waals surface area contributed by atoms with Gasteiger partial charge in [0, 0.05) is 12.1 Å². The molecule has 2 aromatic rings. The van der Waals surface area contributed by atoms with E-state index in [1.165, 1.54) is 0 Å². The lowest BCUT2D eigenvalue weighted by atomic mass is 10.3. The minimum absolute atomic E-state index is 0.460. The topological polar surface area (TPSA) is 41.9 Å². The maximum atomic E-state index is 6.06. The molecule has 0 aliphatic carbocycles. The van der Waals surface area contributed by atoms with Crippen LogP contribution in [0.4, 0.5) is 5.69 Å². The third kappa shape index (κ3) is 3.85. The normalized spacial score (nSPS) is 10.4. The summed E-state index contributed by atoms with van der Waals surface area (Å²) < 4.78 is 2.70. The van der Waals surface area contributed by atoms with Crippen LogP contribution in [0.25, 0.3) is 0 Å². The van der Waals surface area contributed by atoms with Crippen LogP contribution < -0.4 is 10.6 Å². The van der Waals surface area contributed by atoms with Gasteiger partial charge in [-0.1, -0.05) is 23.2 Å². The Hall–Kier alpha value is -0.820. The third-order valence-electron chi connectivity index (χ3n) is 2.60. The molecule has 0 fully saturated rings. The van der Waals surface area contributed by atoms with Crippen LogP contribution in [0.2, 0.25) is 10.0 Å². The van der Waals surface area contributed by atoms with E-state index in [0.717, 1.165) is 10.2 Å². The molecule has 1 aromatic carbocycles. The molecule has 0 bridgehead atoms. The van der Waals surface area contributed by atoms with Crippen molar-refractivity contribution in [3.05, 3.63) is 44.6 Å². The zero-order valence-corrected chi connectivity index (χ0v) is 14.4. The molecule has 1 aromatic heterocycles. The molecule has 0 aliphatic rings. The van der Waals surface area contributed by atoms with E-state index in [0.29, 0.717) is 27.4 Å². The fraction of sp³-hybridized carbons (Fsp3) is 0.167. The van der Waals surface area contributed by atoms with E-state index < -0.39 is 0 Å². The Morgan fingerprint density at radius 3 is 2.85 bits per heavy atom. The fourth-order valence-corrected chi connectivity index (χ4v) is 2.57. The Morgan fingerprint density at radius 2 is 2.20 bits per heavy atom. The van der Waals surface area contributed by atoms with Crippen molar-refractivity contribution in [1.82, 2.24) is 15.1 Å². The summed E-state index contributed by atoms with van der Waals surface area (Å²) in [7, 11) is 1.87. The van der Waals surface area contributed by atoms with Crippen LogP contribution in [0.3, 0.4) is 0 Å². The lowest BCUT2D eigenvalue weighted by Crippen LogP contribution is -2.29. The summed E-state index contributed by atoms with van der Waals surface area (Å²) in [5.41, 5.74) is 1.66. The molecule has 0 atom stereocenters. The molecule has 0 spiro atoms. The molecule has 20 heavy (non-hydrogen) atoms. The van der Waals surface area contributed by atoms with Gasteiger partial charge in [-0.3, -0.25) is 4.68 Å². The average Bonchev–Trinajstić information content (AvgIpc) is 2.71. The van der Waals surface area contributed by atoms with E-state index in [4.69, 9.17) is 35.4 Å². The number of halogens is 3. The zero-order valence-electron chi connectivity index (χ0n) is 10.5. The Bertz CT molecular complexity index is 625. The summed E-state index contributed by atoms with van der Waals surface area (Å²) in [6.07, 6.45) is 1.74. The van der Waals surface area contributed by atoms with Crippen LogP contribution >= 0.6 is 51.3 Å². The van der Waals surface area contributed by atoms with Crippen LogP contribution in [-0.2, 0) is 13.6 Å². The highest BCUT2D eigenvalue weighted by Gasteiger charge is 2.07. The van der Waals surface area contributed by atoms with Gasteiger partial charge in [0.2, 0.25) is 0 Å². The molecule has 0 aliphatic heterocycles. The van der Waals surface area contributed by atoms with Crippen molar-refractivity contribution in [2.45, 2.75) is 6.54 Å². The molecular weight excluding hydrogens is 383 g/mol. The summed E-state index contributed by atoms with van der Waals surface area (Å²) in [4.78, 5) is 0. The fourth-order valence-electron chi connectivity index (χ4n) is 1.56. The lowest BCUT2D eigenvalue weighted by Gasteiger charge is -2.12. The van der Waals surface area contributed by atoms with Crippen molar-refractivity contribution < 1.29 is 0 Å². The van der Waals surface area contributed by atoms with Gasteiger partial charge >= 0.3 is 0 Å². The van der Waals surface area contributed by atoms with Gasteiger partial charge in [-0.2, -0.15) is 5.10 Å². The summed E-state index contributed by atoms with van der Waals surface area (Å²) >= 11 is 20.6. The minimum atomic E-state index is 0.460. The number of hydrogen-bond acceptors (Lipinski definition) is 2. The molecule has 0 radical (unpaired) electrons. The number of nitrogens with one attached hydrogen (secondary N) is 2. The number of rotatable bonds is 3. The summed E-state index contributed by atoms with van der Waals surface area (Å²) in [6, 6.07) is 5.16. The first-order valence-corrected chi connectivity index (χ1v) is 7.59. The van der Waals surface area contributed by atoms with Crippen LogP contribution in [0.15, 0.2) is 28.9 Å². The zero-order chi connectivity index (χ0) is 14.7. The van der Waals surface area contributed by atoms with Gasteiger partial charge in [-0.05, 0) is 46.3 Å². The van der Waals surface area contributed by atoms with E-state index in [-0.39, 0.29) is 0 Å². The number of hydrogen-bond donors (Lipinski definition) is 2. The molecule has 2 N–H and O–H groups in total. The van der Waals surface area contributed by atoms with E-state index in [1.54, 1.807) is 29.1 Å². The molecule has 106 valence electrons. The molecule has 2 rings (SSSR count). The second kappa shape index (κ2) is 6.76. The van der Waals surface area contributed by atoms with Crippen LogP contribution in [0.5, 0.6) is 0 Å². The largest absolute Gasteiger partial charge is 0.357 e. The van der Waals surface area contributed by atoms with E-state index in [2.05, 4.69) is 31.7 Å². The van der Waals surface area contributed by atoms with E-state index in [1.807, 2.05) is 7.05 Å². The van der Waals surface area contributed by atoms with Crippen molar-refractivity contribution in [1.29, 1.82) is 0 Å². The SMILES string of the molecule is Cn1ncc(Br)c1CNC(=S)Nc1cc(Cl)ccc1Cl. The first kappa shape index (κ1) is 15.6. The Balaban J connectivity index is 1.98. The maximum absolute atomic E-state index is 6.06. The smallest absolute Gasteiger partial charge is 0.171 e. The highest BCUT2D eigenvalue weighted by molar-refractivity contribution is 9.10. The summed E-state index contributed by atoms with van der Waals surface area (Å²) in [5, 5.41) is 11.8. The minimum Gasteiger partial charge on any atom is -0.357 e. The second-order valence-corrected chi connectivity index (χ2v) is 6.10. The van der Waals surface area contributed by atoms with Crippen molar-refractivity contribution in [3.63, 3.8) is 0 Å². The standard InChI is InChI=1S/C12H11BrCl2N4S/c1-19-11(8(13)5-17-19)6-16-12(20)18-10-4-7(14)2-3-9(10)15/h2-5H,6H2,1H3,(H2,16,18,20). The highest BCUT2D eigenvalue weighted by Crippen LogP contribution is 2.25. The van der Waals surface area contributed by atoms with Gasteiger partial charge in [0.1, 0.15) is 0 Å². The number of aromatic nitrogens is 2. The molecule has 0 unspecified atom stereocenters. The van der Waals surface area contributed by atoms with Crippen molar-refractivity contribution in [2.75, 3.05) is 5.32 Å². The van der Waals surface area contributed by atoms with Crippen molar-refractivity contribution in [3.8, 4) is 0 Å². The van der Waals surface area contributed by atoms with Gasteiger partial charge in [-0.25, -0.2) is 0 Å². The third-order valence-corrected chi connectivity index (χ3v) is 4.08. The van der Waals surface area contributed by atoms with Gasteiger partial charge in [0.25, 0.3) is 0 Å². The highest BCUT2D eigenvalue weighted by atomic mass is 79.9. The van der Waals surface area contributed by atoms with Gasteiger partial charge in [0.05, 0.1) is 33.6 Å². The first-order chi connectivity index (χ1) is 9.47. The molecule has 0 saturated carbocycles. The van der Waals surface area contributed by atoms with Crippen LogP contribution in [0.1, 0.15) is 5.69 Å². The number of thiocarbonyl (C=S) groups is 1. The predicted octanol–water partition coefficient (Wildman–Crippen LogP) is 3.98. The lowest BCUT2D eigenvalue weighted by molar-refractivity contribution is 0.693.